The van der Waals surface area contributed by atoms with Crippen molar-refractivity contribution in [2.75, 3.05) is 19.8 Å². The van der Waals surface area contributed by atoms with Gasteiger partial charge in [0, 0.05) is 17.8 Å². The number of aliphatic hydroxyl groups is 1. The highest BCUT2D eigenvalue weighted by atomic mass is 35.5. The minimum Gasteiger partial charge on any atom is -0.394 e. The van der Waals surface area contributed by atoms with Crippen LogP contribution in [0.15, 0.2) is 69.3 Å². The Kier molecular flexibility index (Phi) is 6.11. The minimum atomic E-state index is -4.13. The van der Waals surface area contributed by atoms with E-state index in [1.54, 1.807) is 24.4 Å². The molecule has 0 saturated heterocycles. The van der Waals surface area contributed by atoms with Crippen LogP contribution in [0.1, 0.15) is 0 Å². The first-order valence-corrected chi connectivity index (χ1v) is 11.5. The molecule has 0 amide bonds. The molecule has 0 atom stereocenters. The predicted molar refractivity (Wildman–Crippen MR) is 118 cm³/mol. The zero-order chi connectivity index (χ0) is 22.9. The smallest absolute Gasteiger partial charge is 0.267 e. The van der Waals surface area contributed by atoms with Gasteiger partial charge in [-0.15, -0.1) is 0 Å². The standard InChI is InChI=1S/C21H19ClN4O5S/c22-14-4-6-15(7-5-14)32(29,30)17-13-16-20(26(19(17)23)9-11-31-12-10-27)24-18-3-1-2-8-25(18)21(16)28/h1-8,13,23,27H,9-12H2. The zero-order valence-corrected chi connectivity index (χ0v) is 18.3. The van der Waals surface area contributed by atoms with Crippen LogP contribution in [0.2, 0.25) is 5.02 Å². The second-order valence-electron chi connectivity index (χ2n) is 6.89. The number of hydrogen-bond donors (Lipinski definition) is 2. The summed E-state index contributed by atoms with van der Waals surface area (Å²) >= 11 is 5.88. The maximum absolute atomic E-state index is 13.3. The third-order valence-corrected chi connectivity index (χ3v) is 6.93. The first kappa shape index (κ1) is 22.2. The maximum atomic E-state index is 13.3. The van der Waals surface area contributed by atoms with Gasteiger partial charge in [-0.2, -0.15) is 0 Å². The lowest BCUT2D eigenvalue weighted by molar-refractivity contribution is 0.0867. The topological polar surface area (TPSA) is 127 Å². The molecule has 4 aromatic rings. The van der Waals surface area contributed by atoms with E-state index in [2.05, 4.69) is 4.98 Å². The number of aromatic nitrogens is 3. The van der Waals surface area contributed by atoms with Crippen LogP contribution in [0.4, 0.5) is 0 Å². The number of pyridine rings is 2. The summed E-state index contributed by atoms with van der Waals surface area (Å²) in [6.45, 7) is 0.0726. The minimum absolute atomic E-state index is 0.0494. The van der Waals surface area contributed by atoms with Crippen molar-refractivity contribution in [2.45, 2.75) is 16.3 Å². The van der Waals surface area contributed by atoms with E-state index in [0.717, 1.165) is 0 Å². The van der Waals surface area contributed by atoms with Gasteiger partial charge in [0.2, 0.25) is 9.84 Å². The first-order chi connectivity index (χ1) is 15.3. The molecule has 0 radical (unpaired) electrons. The molecule has 32 heavy (non-hydrogen) atoms. The normalized spacial score (nSPS) is 11.9. The monoisotopic (exact) mass is 474 g/mol. The van der Waals surface area contributed by atoms with Gasteiger partial charge >= 0.3 is 0 Å². The van der Waals surface area contributed by atoms with Gasteiger partial charge in [-0.05, 0) is 42.5 Å². The van der Waals surface area contributed by atoms with E-state index < -0.39 is 15.4 Å². The number of nitrogens with zero attached hydrogens (tertiary/aromatic N) is 3. The number of hydrogen-bond acceptors (Lipinski definition) is 7. The second kappa shape index (κ2) is 8.83. The number of halogens is 1. The van der Waals surface area contributed by atoms with Crippen LogP contribution in [0.3, 0.4) is 0 Å². The summed E-state index contributed by atoms with van der Waals surface area (Å²) < 4.78 is 34.6. The molecule has 166 valence electrons. The molecule has 1 aromatic carbocycles. The SMILES string of the molecule is N=c1c(S(=O)(=O)c2ccc(Cl)cc2)cc2c(=O)n3ccccc3nc2n1CCOCCO. The number of benzene rings is 1. The largest absolute Gasteiger partial charge is 0.394 e. The first-order valence-electron chi connectivity index (χ1n) is 9.63. The van der Waals surface area contributed by atoms with Gasteiger partial charge in [0.05, 0.1) is 30.1 Å². The fourth-order valence-electron chi connectivity index (χ4n) is 3.35. The van der Waals surface area contributed by atoms with Crippen molar-refractivity contribution >= 4 is 38.1 Å². The number of nitrogens with one attached hydrogen (secondary N) is 1. The average Bonchev–Trinajstić information content (AvgIpc) is 2.78. The van der Waals surface area contributed by atoms with Crippen LogP contribution in [-0.4, -0.2) is 47.3 Å². The quantitative estimate of drug-likeness (QED) is 0.309. The summed E-state index contributed by atoms with van der Waals surface area (Å²) in [4.78, 5) is 17.3. The van der Waals surface area contributed by atoms with E-state index in [1.807, 2.05) is 0 Å². The van der Waals surface area contributed by atoms with E-state index in [4.69, 9.17) is 26.9 Å². The van der Waals surface area contributed by atoms with Crippen LogP contribution in [0, 0.1) is 5.41 Å². The van der Waals surface area contributed by atoms with Crippen LogP contribution < -0.4 is 11.0 Å². The number of ether oxygens (including phenoxy) is 1. The van der Waals surface area contributed by atoms with Crippen molar-refractivity contribution in [3.63, 3.8) is 0 Å². The molecule has 9 nitrogen and oxygen atoms in total. The average molecular weight is 475 g/mol. The van der Waals surface area contributed by atoms with Crippen LogP contribution >= 0.6 is 11.6 Å². The molecule has 0 spiro atoms. The summed E-state index contributed by atoms with van der Waals surface area (Å²) in [6, 6.07) is 11.8. The molecule has 0 saturated carbocycles. The Morgan fingerprint density at radius 1 is 1.12 bits per heavy atom. The van der Waals surface area contributed by atoms with Gasteiger partial charge in [-0.1, -0.05) is 17.7 Å². The Bertz CT molecular complexity index is 1530. The van der Waals surface area contributed by atoms with Crippen molar-refractivity contribution in [1.82, 2.24) is 14.0 Å². The van der Waals surface area contributed by atoms with E-state index >= 15 is 0 Å². The van der Waals surface area contributed by atoms with Crippen molar-refractivity contribution in [3.8, 4) is 0 Å². The molecule has 11 heteroatoms. The molecule has 2 N–H and O–H groups in total. The van der Waals surface area contributed by atoms with E-state index in [-0.39, 0.29) is 52.7 Å². The highest BCUT2D eigenvalue weighted by molar-refractivity contribution is 7.91. The van der Waals surface area contributed by atoms with E-state index in [9.17, 15) is 13.2 Å². The molecule has 0 fully saturated rings. The molecule has 3 heterocycles. The van der Waals surface area contributed by atoms with Crippen molar-refractivity contribution in [3.05, 3.63) is 75.6 Å². The lowest BCUT2D eigenvalue weighted by Crippen LogP contribution is -2.31. The zero-order valence-electron chi connectivity index (χ0n) is 16.7. The third-order valence-electron chi connectivity index (χ3n) is 4.89. The van der Waals surface area contributed by atoms with Gasteiger partial charge in [0.25, 0.3) is 5.56 Å². The van der Waals surface area contributed by atoms with Crippen LogP contribution in [0.25, 0.3) is 16.7 Å². The maximum Gasteiger partial charge on any atom is 0.267 e. The van der Waals surface area contributed by atoms with Crippen molar-refractivity contribution in [2.24, 2.45) is 0 Å². The molecule has 0 aliphatic rings. The molecule has 0 unspecified atom stereocenters. The molecular weight excluding hydrogens is 456 g/mol. The number of aliphatic hydroxyl groups excluding tert-OH is 1. The van der Waals surface area contributed by atoms with Crippen molar-refractivity contribution < 1.29 is 18.3 Å². The van der Waals surface area contributed by atoms with Crippen LogP contribution in [-0.2, 0) is 21.1 Å². The van der Waals surface area contributed by atoms with Gasteiger partial charge in [0.1, 0.15) is 21.7 Å². The summed E-state index contributed by atoms with van der Waals surface area (Å²) in [6.07, 6.45) is 1.54. The molecule has 0 bridgehead atoms. The van der Waals surface area contributed by atoms with Crippen LogP contribution in [0.5, 0.6) is 0 Å². The fourth-order valence-corrected chi connectivity index (χ4v) is 4.86. The molecule has 0 aliphatic carbocycles. The number of fused-ring (bicyclic) bond motifs is 2. The summed E-state index contributed by atoms with van der Waals surface area (Å²) in [5, 5.41) is 18.0. The Morgan fingerprint density at radius 3 is 2.59 bits per heavy atom. The molecule has 3 aromatic heterocycles. The lowest BCUT2D eigenvalue weighted by atomic mass is 10.3. The predicted octanol–water partition coefficient (Wildman–Crippen LogP) is 1.62. The van der Waals surface area contributed by atoms with E-state index in [1.165, 1.54) is 39.3 Å². The Morgan fingerprint density at radius 2 is 1.88 bits per heavy atom. The van der Waals surface area contributed by atoms with Gasteiger partial charge < -0.3 is 14.4 Å². The fraction of sp³-hybridized carbons (Fsp3) is 0.190. The second-order valence-corrected chi connectivity index (χ2v) is 9.24. The van der Waals surface area contributed by atoms with Gasteiger partial charge in [0.15, 0.2) is 0 Å². The summed E-state index contributed by atoms with van der Waals surface area (Å²) in [7, 11) is -4.13. The van der Waals surface area contributed by atoms with Gasteiger partial charge in [-0.25, -0.2) is 13.4 Å². The van der Waals surface area contributed by atoms with Crippen molar-refractivity contribution in [1.29, 1.82) is 5.41 Å². The Balaban J connectivity index is 2.01. The highest BCUT2D eigenvalue weighted by Gasteiger charge is 2.24. The van der Waals surface area contributed by atoms with E-state index in [0.29, 0.717) is 10.7 Å². The number of sulfone groups is 1. The summed E-state index contributed by atoms with van der Waals surface area (Å²) in [5.41, 5.74) is -0.244. The molecule has 4 rings (SSSR count). The highest BCUT2D eigenvalue weighted by Crippen LogP contribution is 2.22. The lowest BCUT2D eigenvalue weighted by Gasteiger charge is -2.15. The summed E-state index contributed by atoms with van der Waals surface area (Å²) in [5.74, 6) is 0. The van der Waals surface area contributed by atoms with Gasteiger partial charge in [-0.3, -0.25) is 14.6 Å². The third kappa shape index (κ3) is 3.93. The molecular formula is C21H19ClN4O5S. The Hall–Kier alpha value is -3.05. The Labute approximate surface area is 187 Å². The number of rotatable bonds is 7. The molecule has 0 aliphatic heterocycles.